The molecule has 1 aliphatic carbocycles. The van der Waals surface area contributed by atoms with Crippen LogP contribution < -0.4 is 10.1 Å². The van der Waals surface area contributed by atoms with E-state index < -0.39 is 11.5 Å². The van der Waals surface area contributed by atoms with Gasteiger partial charge in [0.2, 0.25) is 11.8 Å². The van der Waals surface area contributed by atoms with Crippen molar-refractivity contribution in [1.82, 2.24) is 10.2 Å². The van der Waals surface area contributed by atoms with Gasteiger partial charge < -0.3 is 19.7 Å². The first-order valence-corrected chi connectivity index (χ1v) is 10.7. The average molecular weight is 396 g/mol. The Labute approximate surface area is 171 Å². The third kappa shape index (κ3) is 3.05. The van der Waals surface area contributed by atoms with Crippen LogP contribution in [-0.4, -0.2) is 54.7 Å². The summed E-state index contributed by atoms with van der Waals surface area (Å²) in [5.74, 6) is 0.0647. The lowest BCUT2D eigenvalue weighted by Crippen LogP contribution is -2.45. The lowest BCUT2D eigenvalue weighted by molar-refractivity contribution is -0.138. The minimum Gasteiger partial charge on any atom is -0.497 e. The summed E-state index contributed by atoms with van der Waals surface area (Å²) in [7, 11) is 1.64. The van der Waals surface area contributed by atoms with Crippen molar-refractivity contribution in [2.24, 2.45) is 11.8 Å². The monoisotopic (exact) mass is 396 g/mol. The van der Waals surface area contributed by atoms with Gasteiger partial charge in [-0.05, 0) is 37.0 Å². The maximum atomic E-state index is 13.2. The highest BCUT2D eigenvalue weighted by Crippen LogP contribution is 2.52. The number of methoxy groups -OCH3 is 1. The molecule has 3 fully saturated rings. The summed E-state index contributed by atoms with van der Waals surface area (Å²) < 4.78 is 11.4. The molecule has 2 saturated heterocycles. The fourth-order valence-electron chi connectivity index (χ4n) is 5.59. The van der Waals surface area contributed by atoms with Crippen LogP contribution in [0.4, 0.5) is 0 Å². The fourth-order valence-corrected chi connectivity index (χ4v) is 5.59. The van der Waals surface area contributed by atoms with E-state index in [1.165, 1.54) is 12.8 Å². The van der Waals surface area contributed by atoms with Gasteiger partial charge in [0, 0.05) is 12.6 Å². The Balaban J connectivity index is 1.24. The summed E-state index contributed by atoms with van der Waals surface area (Å²) in [6.45, 7) is 1.14. The minimum absolute atomic E-state index is 0.0682. The first kappa shape index (κ1) is 18.7. The highest BCUT2D eigenvalue weighted by Gasteiger charge is 2.67. The Morgan fingerprint density at radius 2 is 2.03 bits per heavy atom. The summed E-state index contributed by atoms with van der Waals surface area (Å²) >= 11 is 0. The number of carbonyl (C=O) groups excluding carboxylic acids is 2. The van der Waals surface area contributed by atoms with Crippen molar-refractivity contribution >= 4 is 11.8 Å². The molecule has 4 atom stereocenters. The van der Waals surface area contributed by atoms with Gasteiger partial charge in [-0.25, -0.2) is 0 Å². The maximum Gasteiger partial charge on any atom is 0.230 e. The Bertz CT molecular complexity index is 830. The van der Waals surface area contributed by atoms with Crippen LogP contribution in [0.25, 0.3) is 0 Å². The molecular formula is C23H28N2O4. The van der Waals surface area contributed by atoms with Gasteiger partial charge in [-0.1, -0.05) is 37.1 Å². The van der Waals surface area contributed by atoms with Crippen molar-refractivity contribution in [1.29, 1.82) is 0 Å². The van der Waals surface area contributed by atoms with Crippen LogP contribution in [0.3, 0.4) is 0 Å². The summed E-state index contributed by atoms with van der Waals surface area (Å²) in [5.41, 5.74) is 0.540. The van der Waals surface area contributed by atoms with Gasteiger partial charge in [-0.3, -0.25) is 9.59 Å². The zero-order valence-electron chi connectivity index (χ0n) is 16.8. The predicted octanol–water partition coefficient (Wildman–Crippen LogP) is 2.08. The summed E-state index contributed by atoms with van der Waals surface area (Å²) in [6.07, 6.45) is 8.98. The number of nitrogens with one attached hydrogen (secondary N) is 1. The number of hydrogen-bond donors (Lipinski definition) is 1. The second-order valence-electron chi connectivity index (χ2n) is 8.69. The van der Waals surface area contributed by atoms with E-state index in [9.17, 15) is 9.59 Å². The number of nitrogens with zero attached hydrogens (tertiary/aromatic N) is 1. The molecule has 2 amide bonds. The van der Waals surface area contributed by atoms with Crippen molar-refractivity contribution in [3.05, 3.63) is 42.0 Å². The normalized spacial score (nSPS) is 32.8. The molecule has 2 bridgehead atoms. The van der Waals surface area contributed by atoms with Gasteiger partial charge in [0.05, 0.1) is 31.6 Å². The zero-order chi connectivity index (χ0) is 20.0. The van der Waals surface area contributed by atoms with E-state index in [0.717, 1.165) is 30.6 Å². The Hall–Kier alpha value is -2.34. The Kier molecular flexibility index (Phi) is 4.62. The van der Waals surface area contributed by atoms with Crippen molar-refractivity contribution < 1.29 is 19.1 Å². The SMILES string of the molecule is COc1ccc(CCNC(=O)C2C3C=CC4(CN(C5CCCC5)C(=O)C24)O3)cc1. The Morgan fingerprint density at radius 3 is 2.76 bits per heavy atom. The molecule has 1 aromatic rings. The van der Waals surface area contributed by atoms with Crippen molar-refractivity contribution in [3.63, 3.8) is 0 Å². The van der Waals surface area contributed by atoms with Gasteiger partial charge in [0.1, 0.15) is 11.4 Å². The Morgan fingerprint density at radius 1 is 1.28 bits per heavy atom. The molecule has 5 rings (SSSR count). The van der Waals surface area contributed by atoms with Gasteiger partial charge in [-0.15, -0.1) is 0 Å². The topological polar surface area (TPSA) is 67.9 Å². The van der Waals surface area contributed by atoms with Gasteiger partial charge in [-0.2, -0.15) is 0 Å². The molecule has 6 heteroatoms. The molecule has 154 valence electrons. The number of fused-ring (bicyclic) bond motifs is 1. The molecule has 4 unspecified atom stereocenters. The molecule has 3 aliphatic heterocycles. The minimum atomic E-state index is -0.595. The van der Waals surface area contributed by atoms with Crippen LogP contribution >= 0.6 is 0 Å². The maximum absolute atomic E-state index is 13.2. The van der Waals surface area contributed by atoms with Crippen LogP contribution in [0, 0.1) is 11.8 Å². The van der Waals surface area contributed by atoms with Crippen molar-refractivity contribution in [2.45, 2.75) is 49.9 Å². The highest BCUT2D eigenvalue weighted by atomic mass is 16.5. The van der Waals surface area contributed by atoms with Gasteiger partial charge in [0.15, 0.2) is 0 Å². The summed E-state index contributed by atoms with van der Waals surface area (Å²) in [6, 6.07) is 8.17. The number of rotatable bonds is 6. The number of benzene rings is 1. The van der Waals surface area contributed by atoms with E-state index in [4.69, 9.17) is 9.47 Å². The molecule has 1 spiro atoms. The van der Waals surface area contributed by atoms with Crippen LogP contribution in [0.2, 0.25) is 0 Å². The molecule has 3 heterocycles. The predicted molar refractivity (Wildman–Crippen MR) is 107 cm³/mol. The largest absolute Gasteiger partial charge is 0.497 e. The third-order valence-corrected chi connectivity index (χ3v) is 7.07. The van der Waals surface area contributed by atoms with Crippen molar-refractivity contribution in [2.75, 3.05) is 20.2 Å². The zero-order valence-corrected chi connectivity index (χ0v) is 16.8. The molecule has 1 aromatic carbocycles. The van der Waals surface area contributed by atoms with Gasteiger partial charge in [0.25, 0.3) is 0 Å². The van der Waals surface area contributed by atoms with Crippen molar-refractivity contribution in [3.8, 4) is 5.75 Å². The third-order valence-electron chi connectivity index (χ3n) is 7.07. The number of amides is 2. The quantitative estimate of drug-likeness (QED) is 0.748. The molecule has 4 aliphatic rings. The van der Waals surface area contributed by atoms with Crippen LogP contribution in [0.1, 0.15) is 31.2 Å². The van der Waals surface area contributed by atoms with E-state index in [1.807, 2.05) is 41.3 Å². The number of ether oxygens (including phenoxy) is 2. The summed E-state index contributed by atoms with van der Waals surface area (Å²) in [4.78, 5) is 28.3. The first-order chi connectivity index (χ1) is 14.1. The average Bonchev–Trinajstić information content (AvgIpc) is 3.50. The first-order valence-electron chi connectivity index (χ1n) is 10.7. The van der Waals surface area contributed by atoms with E-state index in [0.29, 0.717) is 19.1 Å². The number of hydrogen-bond acceptors (Lipinski definition) is 4. The molecule has 1 saturated carbocycles. The molecular weight excluding hydrogens is 368 g/mol. The molecule has 29 heavy (non-hydrogen) atoms. The number of likely N-dealkylation sites (tertiary alicyclic amines) is 1. The molecule has 0 radical (unpaired) electrons. The fraction of sp³-hybridized carbons (Fsp3) is 0.565. The van der Waals surface area contributed by atoms with Crippen LogP contribution in [0.15, 0.2) is 36.4 Å². The van der Waals surface area contributed by atoms with Gasteiger partial charge >= 0.3 is 0 Å². The molecule has 1 N–H and O–H groups in total. The van der Waals surface area contributed by atoms with E-state index in [1.54, 1.807) is 7.11 Å². The van der Waals surface area contributed by atoms with E-state index >= 15 is 0 Å². The second kappa shape index (κ2) is 7.17. The lowest BCUT2D eigenvalue weighted by Gasteiger charge is -2.27. The van der Waals surface area contributed by atoms with Crippen LogP contribution in [0.5, 0.6) is 5.75 Å². The smallest absolute Gasteiger partial charge is 0.230 e. The van der Waals surface area contributed by atoms with Crippen LogP contribution in [-0.2, 0) is 20.7 Å². The highest BCUT2D eigenvalue weighted by molar-refractivity contribution is 5.93. The molecule has 6 nitrogen and oxygen atoms in total. The number of carbonyl (C=O) groups is 2. The standard InChI is InChI=1S/C23H28N2O4/c1-28-17-8-6-15(7-9-17)11-13-24-21(26)19-18-10-12-23(29-18)14-25(22(27)20(19)23)16-4-2-3-5-16/h6-10,12,16,18-20H,2-5,11,13-14H2,1H3,(H,24,26). The van der Waals surface area contributed by atoms with E-state index in [2.05, 4.69) is 5.32 Å². The lowest BCUT2D eigenvalue weighted by atomic mass is 9.77. The molecule has 0 aromatic heterocycles. The second-order valence-corrected chi connectivity index (χ2v) is 8.69. The van der Waals surface area contributed by atoms with E-state index in [-0.39, 0.29) is 23.8 Å². The summed E-state index contributed by atoms with van der Waals surface area (Å²) in [5, 5.41) is 3.05.